The fraction of sp³-hybridized carbons (Fsp3) is 0.294. The molecule has 21 heavy (non-hydrogen) atoms. The number of halogens is 2. The van der Waals surface area contributed by atoms with E-state index in [-0.39, 0.29) is 18.0 Å². The highest BCUT2D eigenvalue weighted by Crippen LogP contribution is 2.42. The molecule has 0 aliphatic carbocycles. The van der Waals surface area contributed by atoms with Gasteiger partial charge in [0.1, 0.15) is 17.7 Å². The third kappa shape index (κ3) is 2.83. The number of hydrogen-bond donors (Lipinski definition) is 1. The Morgan fingerprint density at radius 3 is 2.76 bits per heavy atom. The van der Waals surface area contributed by atoms with E-state index in [4.69, 9.17) is 4.74 Å². The van der Waals surface area contributed by atoms with E-state index in [9.17, 15) is 4.39 Å². The second-order valence-corrected chi connectivity index (χ2v) is 6.24. The molecule has 2 aromatic carbocycles. The van der Waals surface area contributed by atoms with E-state index in [1.807, 2.05) is 19.2 Å². The first-order chi connectivity index (χ1) is 10.1. The Balaban J connectivity index is 2.00. The van der Waals surface area contributed by atoms with E-state index in [2.05, 4.69) is 34.2 Å². The van der Waals surface area contributed by atoms with Gasteiger partial charge in [-0.15, -0.1) is 0 Å². The van der Waals surface area contributed by atoms with Gasteiger partial charge in [-0.1, -0.05) is 33.6 Å². The SMILES string of the molecule is CNC1CC(c2cc(F)ccc2Br)Oc2ccc(C)cc21. The first-order valence-corrected chi connectivity index (χ1v) is 7.77. The minimum Gasteiger partial charge on any atom is -0.485 e. The molecule has 0 saturated carbocycles. The lowest BCUT2D eigenvalue weighted by Crippen LogP contribution is -2.27. The minimum atomic E-state index is -0.243. The maximum Gasteiger partial charge on any atom is 0.127 e. The molecular formula is C17H17BrFNO. The molecule has 2 aromatic rings. The van der Waals surface area contributed by atoms with Gasteiger partial charge >= 0.3 is 0 Å². The highest BCUT2D eigenvalue weighted by atomic mass is 79.9. The Bertz CT molecular complexity index is 674. The molecule has 1 aliphatic rings. The molecule has 2 nitrogen and oxygen atoms in total. The molecule has 0 fully saturated rings. The van der Waals surface area contributed by atoms with E-state index in [1.54, 1.807) is 12.1 Å². The average Bonchev–Trinajstić information content (AvgIpc) is 2.48. The third-order valence-electron chi connectivity index (χ3n) is 3.91. The van der Waals surface area contributed by atoms with Crippen molar-refractivity contribution in [3.63, 3.8) is 0 Å². The average molecular weight is 350 g/mol. The monoisotopic (exact) mass is 349 g/mol. The molecule has 110 valence electrons. The zero-order valence-corrected chi connectivity index (χ0v) is 13.6. The summed E-state index contributed by atoms with van der Waals surface area (Å²) < 4.78 is 20.5. The minimum absolute atomic E-state index is 0.164. The zero-order chi connectivity index (χ0) is 15.0. The van der Waals surface area contributed by atoms with Gasteiger partial charge < -0.3 is 10.1 Å². The molecule has 0 bridgehead atoms. The standard InChI is InChI=1S/C17H17BrFNO/c1-10-3-6-16-13(7-10)15(20-2)9-17(21-16)12-8-11(19)4-5-14(12)18/h3-8,15,17,20H,9H2,1-2H3. The van der Waals surface area contributed by atoms with Gasteiger partial charge in [0, 0.05) is 28.1 Å². The summed E-state index contributed by atoms with van der Waals surface area (Å²) in [6.07, 6.45) is 0.609. The second-order valence-electron chi connectivity index (χ2n) is 5.39. The fourth-order valence-electron chi connectivity index (χ4n) is 2.82. The molecule has 0 spiro atoms. The van der Waals surface area contributed by atoms with Crippen molar-refractivity contribution in [2.24, 2.45) is 0 Å². The molecule has 0 amide bonds. The number of aryl methyl sites for hydroxylation is 1. The highest BCUT2D eigenvalue weighted by Gasteiger charge is 2.29. The van der Waals surface area contributed by atoms with Gasteiger partial charge in [0.2, 0.25) is 0 Å². The van der Waals surface area contributed by atoms with Crippen LogP contribution in [-0.4, -0.2) is 7.05 Å². The Labute approximate surface area is 132 Å². The smallest absolute Gasteiger partial charge is 0.127 e. The van der Waals surface area contributed by atoms with Gasteiger partial charge in [-0.2, -0.15) is 0 Å². The molecule has 1 N–H and O–H groups in total. The van der Waals surface area contributed by atoms with Crippen LogP contribution in [0.25, 0.3) is 0 Å². The number of benzene rings is 2. The summed E-state index contributed by atoms with van der Waals surface area (Å²) in [6, 6.07) is 11.1. The quantitative estimate of drug-likeness (QED) is 0.849. The van der Waals surface area contributed by atoms with Crippen LogP contribution in [0.15, 0.2) is 40.9 Å². The van der Waals surface area contributed by atoms with Gasteiger partial charge in [0.25, 0.3) is 0 Å². The zero-order valence-electron chi connectivity index (χ0n) is 12.0. The lowest BCUT2D eigenvalue weighted by molar-refractivity contribution is 0.153. The van der Waals surface area contributed by atoms with E-state index < -0.39 is 0 Å². The summed E-state index contributed by atoms with van der Waals surface area (Å²) in [5, 5.41) is 3.33. The highest BCUT2D eigenvalue weighted by molar-refractivity contribution is 9.10. The number of nitrogens with one attached hydrogen (secondary N) is 1. The van der Waals surface area contributed by atoms with Crippen LogP contribution in [0.5, 0.6) is 5.75 Å². The number of ether oxygens (including phenoxy) is 1. The molecule has 1 aliphatic heterocycles. The Kier molecular flexibility index (Phi) is 4.00. The first-order valence-electron chi connectivity index (χ1n) is 6.98. The largest absolute Gasteiger partial charge is 0.485 e. The van der Waals surface area contributed by atoms with Crippen LogP contribution >= 0.6 is 15.9 Å². The molecule has 3 rings (SSSR count). The van der Waals surface area contributed by atoms with E-state index in [1.165, 1.54) is 17.2 Å². The van der Waals surface area contributed by atoms with Crippen molar-refractivity contribution in [3.8, 4) is 5.75 Å². The van der Waals surface area contributed by atoms with Crippen molar-refractivity contribution < 1.29 is 9.13 Å². The van der Waals surface area contributed by atoms with Gasteiger partial charge in [0.15, 0.2) is 0 Å². The normalized spacial score (nSPS) is 20.8. The van der Waals surface area contributed by atoms with Crippen LogP contribution in [0, 0.1) is 12.7 Å². The van der Waals surface area contributed by atoms with Crippen LogP contribution < -0.4 is 10.1 Å². The van der Waals surface area contributed by atoms with Crippen molar-refractivity contribution >= 4 is 15.9 Å². The van der Waals surface area contributed by atoms with Crippen molar-refractivity contribution in [2.75, 3.05) is 7.05 Å². The summed E-state index contributed by atoms with van der Waals surface area (Å²) in [7, 11) is 1.94. The molecule has 4 heteroatoms. The number of fused-ring (bicyclic) bond motifs is 1. The fourth-order valence-corrected chi connectivity index (χ4v) is 3.32. The lowest BCUT2D eigenvalue weighted by Gasteiger charge is -2.33. The van der Waals surface area contributed by atoms with Crippen molar-refractivity contribution in [2.45, 2.75) is 25.5 Å². The summed E-state index contributed by atoms with van der Waals surface area (Å²) >= 11 is 3.49. The third-order valence-corrected chi connectivity index (χ3v) is 4.64. The van der Waals surface area contributed by atoms with Crippen molar-refractivity contribution in [3.05, 3.63) is 63.4 Å². The summed E-state index contributed by atoms with van der Waals surface area (Å²) in [4.78, 5) is 0. The second kappa shape index (κ2) is 5.78. The van der Waals surface area contributed by atoms with Crippen LogP contribution in [0.2, 0.25) is 0 Å². The van der Waals surface area contributed by atoms with Crippen molar-refractivity contribution in [1.82, 2.24) is 5.32 Å². The van der Waals surface area contributed by atoms with Crippen LogP contribution in [0.4, 0.5) is 4.39 Å². The van der Waals surface area contributed by atoms with Gasteiger partial charge in [-0.05, 0) is 38.2 Å². The van der Waals surface area contributed by atoms with E-state index in [0.717, 1.165) is 22.2 Å². The van der Waals surface area contributed by atoms with E-state index >= 15 is 0 Å². The molecule has 0 aromatic heterocycles. The Morgan fingerprint density at radius 2 is 2.00 bits per heavy atom. The summed E-state index contributed by atoms with van der Waals surface area (Å²) in [5.74, 6) is 0.625. The predicted molar refractivity (Wildman–Crippen MR) is 85.1 cm³/mol. The maximum absolute atomic E-state index is 13.5. The molecular weight excluding hydrogens is 333 g/mol. The number of rotatable bonds is 2. The summed E-state index contributed by atoms with van der Waals surface area (Å²) in [6.45, 7) is 2.07. The van der Waals surface area contributed by atoms with Crippen LogP contribution in [0.3, 0.4) is 0 Å². The van der Waals surface area contributed by atoms with Crippen LogP contribution in [0.1, 0.15) is 35.3 Å². The number of hydrogen-bond acceptors (Lipinski definition) is 2. The Hall–Kier alpha value is -1.39. The lowest BCUT2D eigenvalue weighted by atomic mass is 9.92. The van der Waals surface area contributed by atoms with Crippen molar-refractivity contribution in [1.29, 1.82) is 0 Å². The van der Waals surface area contributed by atoms with Gasteiger partial charge in [-0.25, -0.2) is 4.39 Å². The molecule has 1 heterocycles. The maximum atomic E-state index is 13.5. The van der Waals surface area contributed by atoms with Gasteiger partial charge in [0.05, 0.1) is 0 Å². The van der Waals surface area contributed by atoms with Crippen LogP contribution in [-0.2, 0) is 0 Å². The molecule has 0 radical (unpaired) electrons. The summed E-state index contributed by atoms with van der Waals surface area (Å²) in [5.41, 5.74) is 3.23. The van der Waals surface area contributed by atoms with Gasteiger partial charge in [-0.3, -0.25) is 0 Å². The Morgan fingerprint density at radius 1 is 1.19 bits per heavy atom. The topological polar surface area (TPSA) is 21.3 Å². The first kappa shape index (κ1) is 14.5. The molecule has 2 unspecified atom stereocenters. The predicted octanol–water partition coefficient (Wildman–Crippen LogP) is 4.68. The van der Waals surface area contributed by atoms with E-state index in [0.29, 0.717) is 0 Å². The molecule has 0 saturated heterocycles. The molecule has 2 atom stereocenters.